The third-order valence-electron chi connectivity index (χ3n) is 2.83. The topological polar surface area (TPSA) is 46.2 Å². The van der Waals surface area contributed by atoms with E-state index >= 15 is 0 Å². The molecule has 2 rings (SSSR count). The van der Waals surface area contributed by atoms with Crippen LogP contribution in [-0.4, -0.2) is 8.42 Å². The highest BCUT2D eigenvalue weighted by molar-refractivity contribution is 7.89. The predicted molar refractivity (Wildman–Crippen MR) is 71.5 cm³/mol. The van der Waals surface area contributed by atoms with Crippen LogP contribution in [-0.2, 0) is 10.0 Å². The Morgan fingerprint density at radius 1 is 1.00 bits per heavy atom. The van der Waals surface area contributed by atoms with Crippen LogP contribution in [0.15, 0.2) is 53.4 Å². The lowest BCUT2D eigenvalue weighted by Crippen LogP contribution is -2.27. The molecule has 3 nitrogen and oxygen atoms in total. The molecule has 0 saturated heterocycles. The first-order chi connectivity index (χ1) is 9.40. The number of hydrogen-bond donors (Lipinski definition) is 1. The molecule has 0 bridgehead atoms. The van der Waals surface area contributed by atoms with Crippen LogP contribution in [0.2, 0.25) is 0 Å². The van der Waals surface area contributed by atoms with Gasteiger partial charge in [0.25, 0.3) is 0 Å². The lowest BCUT2D eigenvalue weighted by molar-refractivity contribution is 0.503. The van der Waals surface area contributed by atoms with Gasteiger partial charge in [0, 0.05) is 6.04 Å². The van der Waals surface area contributed by atoms with Gasteiger partial charge in [0.1, 0.15) is 0 Å². The van der Waals surface area contributed by atoms with Crippen molar-refractivity contribution >= 4 is 10.0 Å². The van der Waals surface area contributed by atoms with Crippen molar-refractivity contribution < 1.29 is 17.2 Å². The molecule has 0 saturated carbocycles. The molecule has 1 atom stereocenters. The van der Waals surface area contributed by atoms with E-state index in [0.29, 0.717) is 6.07 Å². The highest BCUT2D eigenvalue weighted by Crippen LogP contribution is 2.18. The molecule has 1 N–H and O–H groups in total. The normalized spacial score (nSPS) is 13.2. The summed E-state index contributed by atoms with van der Waals surface area (Å²) < 4.78 is 52.5. The van der Waals surface area contributed by atoms with E-state index in [1.54, 1.807) is 31.2 Å². The minimum Gasteiger partial charge on any atom is -0.207 e. The van der Waals surface area contributed by atoms with Gasteiger partial charge in [0.15, 0.2) is 11.6 Å². The average molecular weight is 297 g/mol. The van der Waals surface area contributed by atoms with Crippen molar-refractivity contribution in [2.24, 2.45) is 0 Å². The van der Waals surface area contributed by atoms with Gasteiger partial charge in [0.2, 0.25) is 10.0 Å². The Labute approximate surface area is 116 Å². The first kappa shape index (κ1) is 14.6. The zero-order valence-corrected chi connectivity index (χ0v) is 11.5. The van der Waals surface area contributed by atoms with Gasteiger partial charge in [-0.05, 0) is 30.7 Å². The van der Waals surface area contributed by atoms with Crippen molar-refractivity contribution in [3.8, 4) is 0 Å². The monoisotopic (exact) mass is 297 g/mol. The summed E-state index contributed by atoms with van der Waals surface area (Å²) in [5, 5.41) is 0. The van der Waals surface area contributed by atoms with Gasteiger partial charge in [-0.25, -0.2) is 21.9 Å². The maximum Gasteiger partial charge on any atom is 0.241 e. The SMILES string of the molecule is C[C@H](NS(=O)(=O)c1ccc(F)c(F)c1)c1ccccc1. The first-order valence-corrected chi connectivity index (χ1v) is 7.41. The minimum atomic E-state index is -3.90. The van der Waals surface area contributed by atoms with Crippen molar-refractivity contribution in [3.63, 3.8) is 0 Å². The van der Waals surface area contributed by atoms with Crippen molar-refractivity contribution in [3.05, 3.63) is 65.7 Å². The number of benzene rings is 2. The van der Waals surface area contributed by atoms with Gasteiger partial charge in [-0.15, -0.1) is 0 Å². The number of nitrogens with one attached hydrogen (secondary N) is 1. The Kier molecular flexibility index (Phi) is 4.15. The van der Waals surface area contributed by atoms with E-state index in [-0.39, 0.29) is 4.90 Å². The zero-order valence-electron chi connectivity index (χ0n) is 10.7. The molecule has 0 aliphatic heterocycles. The summed E-state index contributed by atoms with van der Waals surface area (Å²) in [6, 6.07) is 11.0. The fourth-order valence-electron chi connectivity index (χ4n) is 1.75. The third-order valence-corrected chi connectivity index (χ3v) is 4.37. The van der Waals surface area contributed by atoms with Gasteiger partial charge in [-0.3, -0.25) is 0 Å². The van der Waals surface area contributed by atoms with Crippen LogP contribution in [0.25, 0.3) is 0 Å². The number of rotatable bonds is 4. The van der Waals surface area contributed by atoms with Crippen LogP contribution in [0.5, 0.6) is 0 Å². The smallest absolute Gasteiger partial charge is 0.207 e. The van der Waals surface area contributed by atoms with Gasteiger partial charge in [-0.2, -0.15) is 0 Å². The molecule has 0 fully saturated rings. The Morgan fingerprint density at radius 2 is 1.65 bits per heavy atom. The van der Waals surface area contributed by atoms with Crippen LogP contribution in [0.3, 0.4) is 0 Å². The fraction of sp³-hybridized carbons (Fsp3) is 0.143. The second-order valence-electron chi connectivity index (χ2n) is 4.33. The lowest BCUT2D eigenvalue weighted by atomic mass is 10.1. The standard InChI is InChI=1S/C14H13F2NO2S/c1-10(11-5-3-2-4-6-11)17-20(18,19)12-7-8-13(15)14(16)9-12/h2-10,17H,1H3/t10-/m0/s1. The molecule has 20 heavy (non-hydrogen) atoms. The fourth-order valence-corrected chi connectivity index (χ4v) is 3.00. The number of halogens is 2. The maximum absolute atomic E-state index is 13.1. The highest BCUT2D eigenvalue weighted by Gasteiger charge is 2.19. The molecule has 106 valence electrons. The largest absolute Gasteiger partial charge is 0.241 e. The van der Waals surface area contributed by atoms with E-state index in [9.17, 15) is 17.2 Å². The van der Waals surface area contributed by atoms with Crippen LogP contribution in [0.4, 0.5) is 8.78 Å². The minimum absolute atomic E-state index is 0.306. The highest BCUT2D eigenvalue weighted by atomic mass is 32.2. The Bertz CT molecular complexity index is 702. The first-order valence-electron chi connectivity index (χ1n) is 5.92. The molecule has 0 aliphatic rings. The summed E-state index contributed by atoms with van der Waals surface area (Å²) in [7, 11) is -3.90. The second kappa shape index (κ2) is 5.68. The predicted octanol–water partition coefficient (Wildman–Crippen LogP) is 3.00. The van der Waals surface area contributed by atoms with E-state index in [0.717, 1.165) is 17.7 Å². The Balaban J connectivity index is 2.25. The molecule has 0 unspecified atom stereocenters. The number of sulfonamides is 1. The zero-order chi connectivity index (χ0) is 14.8. The van der Waals surface area contributed by atoms with Crippen molar-refractivity contribution in [1.29, 1.82) is 0 Å². The number of hydrogen-bond acceptors (Lipinski definition) is 2. The summed E-state index contributed by atoms with van der Waals surface area (Å²) in [5.41, 5.74) is 0.777. The van der Waals surface area contributed by atoms with E-state index in [2.05, 4.69) is 4.72 Å². The molecule has 0 radical (unpaired) electrons. The molecular weight excluding hydrogens is 284 g/mol. The van der Waals surface area contributed by atoms with E-state index in [4.69, 9.17) is 0 Å². The molecule has 2 aromatic carbocycles. The summed E-state index contributed by atoms with van der Waals surface area (Å²) in [4.78, 5) is -0.306. The molecular formula is C14H13F2NO2S. The summed E-state index contributed by atoms with van der Waals surface area (Å²) in [6.45, 7) is 1.67. The molecule has 2 aromatic rings. The van der Waals surface area contributed by atoms with Gasteiger partial charge in [-0.1, -0.05) is 30.3 Å². The van der Waals surface area contributed by atoms with Crippen molar-refractivity contribution in [1.82, 2.24) is 4.72 Å². The molecule has 0 aliphatic carbocycles. The van der Waals surface area contributed by atoms with Crippen LogP contribution in [0.1, 0.15) is 18.5 Å². The van der Waals surface area contributed by atoms with E-state index in [1.165, 1.54) is 0 Å². The molecule has 0 aromatic heterocycles. The lowest BCUT2D eigenvalue weighted by Gasteiger charge is -2.14. The van der Waals surface area contributed by atoms with Crippen molar-refractivity contribution in [2.45, 2.75) is 17.9 Å². The van der Waals surface area contributed by atoms with Gasteiger partial charge < -0.3 is 0 Å². The molecule has 0 heterocycles. The maximum atomic E-state index is 13.1. The Hall–Kier alpha value is -1.79. The van der Waals surface area contributed by atoms with Crippen molar-refractivity contribution in [2.75, 3.05) is 0 Å². The van der Waals surface area contributed by atoms with Gasteiger partial charge in [0.05, 0.1) is 4.90 Å². The van der Waals surface area contributed by atoms with Crippen LogP contribution in [0, 0.1) is 11.6 Å². The second-order valence-corrected chi connectivity index (χ2v) is 6.04. The van der Waals surface area contributed by atoms with E-state index in [1.807, 2.05) is 6.07 Å². The quantitative estimate of drug-likeness (QED) is 0.943. The van der Waals surface area contributed by atoms with Crippen LogP contribution < -0.4 is 4.72 Å². The average Bonchev–Trinajstić information content (AvgIpc) is 2.42. The Morgan fingerprint density at radius 3 is 2.25 bits per heavy atom. The molecule has 6 heteroatoms. The third kappa shape index (κ3) is 3.20. The summed E-state index contributed by atoms with van der Waals surface area (Å²) >= 11 is 0. The van der Waals surface area contributed by atoms with E-state index < -0.39 is 27.7 Å². The van der Waals surface area contributed by atoms with Gasteiger partial charge >= 0.3 is 0 Å². The molecule has 0 spiro atoms. The summed E-state index contributed by atoms with van der Waals surface area (Å²) in [5.74, 6) is -2.28. The van der Waals surface area contributed by atoms with Crippen LogP contribution >= 0.6 is 0 Å². The molecule has 0 amide bonds. The summed E-state index contributed by atoms with van der Waals surface area (Å²) in [6.07, 6.45) is 0.